The number of aliphatic hydroxyl groups excluding tert-OH is 1. The molecular weight excluding hydrogens is 152 g/mol. The topological polar surface area (TPSA) is 49.5 Å². The number of rotatable bonds is 2. The number of hydrogen-bond donors (Lipinski definition) is 2. The second kappa shape index (κ2) is 4.21. The minimum atomic E-state index is -0.132. The molecule has 0 aliphatic carbocycles. The van der Waals surface area contributed by atoms with E-state index in [9.17, 15) is 5.11 Å². The van der Waals surface area contributed by atoms with Gasteiger partial charge in [-0.15, -0.1) is 0 Å². The van der Waals surface area contributed by atoms with Crippen molar-refractivity contribution in [1.82, 2.24) is 5.01 Å². The third kappa shape index (κ3) is 2.73. The molecule has 0 unspecified atom stereocenters. The Morgan fingerprint density at radius 2 is 2.25 bits per heavy atom. The predicted molar refractivity (Wildman–Crippen MR) is 49.3 cm³/mol. The van der Waals surface area contributed by atoms with Crippen LogP contribution in [0, 0.1) is 11.8 Å². The van der Waals surface area contributed by atoms with E-state index in [0.29, 0.717) is 11.8 Å². The zero-order chi connectivity index (χ0) is 9.14. The SMILES string of the molecule is CC(C)C[C@H]1CN(N)CC[C@H]1O. The predicted octanol–water partition coefficient (Wildman–Crippen LogP) is 0.589. The van der Waals surface area contributed by atoms with E-state index < -0.39 is 0 Å². The van der Waals surface area contributed by atoms with E-state index in [1.807, 2.05) is 5.01 Å². The summed E-state index contributed by atoms with van der Waals surface area (Å²) in [4.78, 5) is 0. The fourth-order valence-corrected chi connectivity index (χ4v) is 1.89. The van der Waals surface area contributed by atoms with Gasteiger partial charge in [0.1, 0.15) is 0 Å². The van der Waals surface area contributed by atoms with Crippen LogP contribution in [0.15, 0.2) is 0 Å². The summed E-state index contributed by atoms with van der Waals surface area (Å²) in [5.41, 5.74) is 0. The van der Waals surface area contributed by atoms with Gasteiger partial charge in [-0.1, -0.05) is 13.8 Å². The molecule has 0 aromatic rings. The van der Waals surface area contributed by atoms with E-state index in [1.165, 1.54) is 0 Å². The first-order valence-electron chi connectivity index (χ1n) is 4.77. The zero-order valence-electron chi connectivity index (χ0n) is 8.03. The van der Waals surface area contributed by atoms with Crippen molar-refractivity contribution in [3.05, 3.63) is 0 Å². The first kappa shape index (κ1) is 9.96. The van der Waals surface area contributed by atoms with Crippen LogP contribution in [0.2, 0.25) is 0 Å². The molecule has 3 N–H and O–H groups in total. The molecule has 1 aliphatic heterocycles. The first-order chi connectivity index (χ1) is 5.59. The Morgan fingerprint density at radius 1 is 1.58 bits per heavy atom. The van der Waals surface area contributed by atoms with E-state index in [0.717, 1.165) is 25.9 Å². The quantitative estimate of drug-likeness (QED) is 0.599. The van der Waals surface area contributed by atoms with Crippen LogP contribution in [-0.4, -0.2) is 29.3 Å². The number of nitrogens with zero attached hydrogens (tertiary/aromatic N) is 1. The maximum Gasteiger partial charge on any atom is 0.0594 e. The zero-order valence-corrected chi connectivity index (χ0v) is 8.03. The van der Waals surface area contributed by atoms with Crippen molar-refractivity contribution in [2.75, 3.05) is 13.1 Å². The summed E-state index contributed by atoms with van der Waals surface area (Å²) < 4.78 is 0. The number of hydrogen-bond acceptors (Lipinski definition) is 3. The van der Waals surface area contributed by atoms with Crippen LogP contribution in [0.5, 0.6) is 0 Å². The fraction of sp³-hybridized carbons (Fsp3) is 1.00. The molecule has 1 aliphatic rings. The van der Waals surface area contributed by atoms with Gasteiger partial charge in [-0.3, -0.25) is 5.84 Å². The molecule has 1 fully saturated rings. The molecule has 0 bridgehead atoms. The van der Waals surface area contributed by atoms with Crippen LogP contribution >= 0.6 is 0 Å². The van der Waals surface area contributed by atoms with Crippen LogP contribution in [0.25, 0.3) is 0 Å². The molecule has 0 amide bonds. The van der Waals surface area contributed by atoms with Gasteiger partial charge in [0.2, 0.25) is 0 Å². The highest BCUT2D eigenvalue weighted by atomic mass is 16.3. The van der Waals surface area contributed by atoms with Crippen molar-refractivity contribution in [2.24, 2.45) is 17.7 Å². The van der Waals surface area contributed by atoms with Gasteiger partial charge >= 0.3 is 0 Å². The van der Waals surface area contributed by atoms with Gasteiger partial charge in [-0.05, 0) is 24.7 Å². The molecule has 0 aromatic carbocycles. The van der Waals surface area contributed by atoms with Gasteiger partial charge < -0.3 is 5.11 Å². The molecule has 1 heterocycles. The highest BCUT2D eigenvalue weighted by Crippen LogP contribution is 2.21. The van der Waals surface area contributed by atoms with Crippen LogP contribution < -0.4 is 5.84 Å². The monoisotopic (exact) mass is 172 g/mol. The summed E-state index contributed by atoms with van der Waals surface area (Å²) in [6.07, 6.45) is 1.77. The normalized spacial score (nSPS) is 32.8. The molecule has 2 atom stereocenters. The third-order valence-electron chi connectivity index (χ3n) is 2.50. The molecular formula is C9H20N2O. The second-order valence-corrected chi connectivity index (χ2v) is 4.24. The largest absolute Gasteiger partial charge is 0.393 e. The molecule has 0 spiro atoms. The maximum atomic E-state index is 9.65. The smallest absolute Gasteiger partial charge is 0.0594 e. The van der Waals surface area contributed by atoms with Crippen molar-refractivity contribution in [2.45, 2.75) is 32.8 Å². The van der Waals surface area contributed by atoms with E-state index in [1.54, 1.807) is 0 Å². The van der Waals surface area contributed by atoms with Crippen LogP contribution in [0.4, 0.5) is 0 Å². The first-order valence-corrected chi connectivity index (χ1v) is 4.77. The average molecular weight is 172 g/mol. The number of hydrazine groups is 1. The van der Waals surface area contributed by atoms with Gasteiger partial charge in [0.05, 0.1) is 6.10 Å². The second-order valence-electron chi connectivity index (χ2n) is 4.24. The fourth-order valence-electron chi connectivity index (χ4n) is 1.89. The van der Waals surface area contributed by atoms with Gasteiger partial charge in [0.25, 0.3) is 0 Å². The molecule has 1 saturated heterocycles. The number of aliphatic hydroxyl groups is 1. The molecule has 1 rings (SSSR count). The van der Waals surface area contributed by atoms with Crippen LogP contribution in [0.1, 0.15) is 26.7 Å². The van der Waals surface area contributed by atoms with Gasteiger partial charge in [0.15, 0.2) is 0 Å². The molecule has 0 radical (unpaired) electrons. The summed E-state index contributed by atoms with van der Waals surface area (Å²) in [5.74, 6) is 6.71. The minimum absolute atomic E-state index is 0.132. The van der Waals surface area contributed by atoms with E-state index in [2.05, 4.69) is 13.8 Å². The Kier molecular flexibility index (Phi) is 3.50. The molecule has 0 saturated carbocycles. The minimum Gasteiger partial charge on any atom is -0.393 e. The molecule has 0 aromatic heterocycles. The van der Waals surface area contributed by atoms with Crippen molar-refractivity contribution >= 4 is 0 Å². The molecule has 72 valence electrons. The maximum absolute atomic E-state index is 9.65. The summed E-state index contributed by atoms with van der Waals surface area (Å²) in [5, 5.41) is 11.5. The van der Waals surface area contributed by atoms with Crippen molar-refractivity contribution in [3.63, 3.8) is 0 Å². The van der Waals surface area contributed by atoms with Crippen LogP contribution in [-0.2, 0) is 0 Å². The lowest BCUT2D eigenvalue weighted by Crippen LogP contribution is -2.46. The average Bonchev–Trinajstić information content (AvgIpc) is 1.96. The lowest BCUT2D eigenvalue weighted by molar-refractivity contribution is 0.0174. The van der Waals surface area contributed by atoms with E-state index in [-0.39, 0.29) is 6.10 Å². The van der Waals surface area contributed by atoms with Crippen molar-refractivity contribution < 1.29 is 5.11 Å². The van der Waals surface area contributed by atoms with Crippen LogP contribution in [0.3, 0.4) is 0 Å². The highest BCUT2D eigenvalue weighted by molar-refractivity contribution is 4.78. The Balaban J connectivity index is 2.38. The molecule has 3 nitrogen and oxygen atoms in total. The third-order valence-corrected chi connectivity index (χ3v) is 2.50. The van der Waals surface area contributed by atoms with Gasteiger partial charge in [-0.25, -0.2) is 5.01 Å². The Bertz CT molecular complexity index is 136. The van der Waals surface area contributed by atoms with Gasteiger partial charge in [0, 0.05) is 13.1 Å². The standard InChI is InChI=1S/C9H20N2O/c1-7(2)5-8-6-11(10)4-3-9(8)12/h7-9,12H,3-6,10H2,1-2H3/t8-,9+/m0/s1. The summed E-state index contributed by atoms with van der Waals surface area (Å²) in [6.45, 7) is 6.04. The molecule has 3 heteroatoms. The van der Waals surface area contributed by atoms with Crippen molar-refractivity contribution in [1.29, 1.82) is 0 Å². The van der Waals surface area contributed by atoms with Gasteiger partial charge in [-0.2, -0.15) is 0 Å². The summed E-state index contributed by atoms with van der Waals surface area (Å²) >= 11 is 0. The van der Waals surface area contributed by atoms with Crippen molar-refractivity contribution in [3.8, 4) is 0 Å². The summed E-state index contributed by atoms with van der Waals surface area (Å²) in [7, 11) is 0. The summed E-state index contributed by atoms with van der Waals surface area (Å²) in [6, 6.07) is 0. The molecule has 12 heavy (non-hydrogen) atoms. The lowest BCUT2D eigenvalue weighted by Gasteiger charge is -2.34. The van der Waals surface area contributed by atoms with E-state index >= 15 is 0 Å². The number of nitrogens with two attached hydrogens (primary N) is 1. The Morgan fingerprint density at radius 3 is 2.83 bits per heavy atom. The van der Waals surface area contributed by atoms with E-state index in [4.69, 9.17) is 5.84 Å². The Hall–Kier alpha value is -0.120. The number of piperidine rings is 1. The highest BCUT2D eigenvalue weighted by Gasteiger charge is 2.26. The Labute approximate surface area is 74.5 Å². The lowest BCUT2D eigenvalue weighted by atomic mass is 9.88.